The first-order chi connectivity index (χ1) is 9.92. The number of hydrogen-bond donors (Lipinski definition) is 2. The van der Waals surface area contributed by atoms with Gasteiger partial charge in [0, 0.05) is 33.1 Å². The summed E-state index contributed by atoms with van der Waals surface area (Å²) < 4.78 is 0. The molecule has 0 unspecified atom stereocenters. The van der Waals surface area contributed by atoms with Gasteiger partial charge in [-0.3, -0.25) is 9.59 Å². The van der Waals surface area contributed by atoms with Gasteiger partial charge in [-0.25, -0.2) is 0 Å². The molecule has 1 aliphatic heterocycles. The van der Waals surface area contributed by atoms with Crippen molar-refractivity contribution in [3.63, 3.8) is 0 Å². The number of oxime groups is 1. The van der Waals surface area contributed by atoms with Gasteiger partial charge in [-0.1, -0.05) is 19.0 Å². The smallest absolute Gasteiger partial charge is 0.236 e. The summed E-state index contributed by atoms with van der Waals surface area (Å²) in [6.07, 6.45) is 1.70. The first-order valence-corrected chi connectivity index (χ1v) is 7.45. The maximum absolute atomic E-state index is 12.9. The summed E-state index contributed by atoms with van der Waals surface area (Å²) in [4.78, 5) is 27.8. The number of amidine groups is 1. The van der Waals surface area contributed by atoms with E-state index in [4.69, 9.17) is 10.9 Å². The van der Waals surface area contributed by atoms with Crippen LogP contribution in [0.1, 0.15) is 40.0 Å². The number of carbonyl (C=O) groups is 2. The summed E-state index contributed by atoms with van der Waals surface area (Å²) in [5, 5.41) is 12.1. The summed E-state index contributed by atoms with van der Waals surface area (Å²) >= 11 is 0. The maximum Gasteiger partial charge on any atom is 0.236 e. The second-order valence-electron chi connectivity index (χ2n) is 5.43. The van der Waals surface area contributed by atoms with E-state index in [1.54, 1.807) is 9.80 Å². The highest BCUT2D eigenvalue weighted by Crippen LogP contribution is 2.30. The van der Waals surface area contributed by atoms with Crippen molar-refractivity contribution < 1.29 is 14.8 Å². The number of carbonyl (C=O) groups excluding carboxylic acids is 2. The van der Waals surface area contributed by atoms with Crippen LogP contribution in [0.2, 0.25) is 0 Å². The highest BCUT2D eigenvalue weighted by atomic mass is 16.4. The van der Waals surface area contributed by atoms with Crippen LogP contribution in [0.3, 0.4) is 0 Å². The molecule has 2 amide bonds. The topological polar surface area (TPSA) is 99.2 Å². The van der Waals surface area contributed by atoms with E-state index < -0.39 is 5.41 Å². The first kappa shape index (κ1) is 17.3. The number of nitrogens with two attached hydrogens (primary N) is 1. The van der Waals surface area contributed by atoms with Crippen LogP contribution >= 0.6 is 0 Å². The average Bonchev–Trinajstić information content (AvgIpc) is 2.74. The molecule has 0 spiro atoms. The molecule has 0 saturated carbocycles. The summed E-state index contributed by atoms with van der Waals surface area (Å²) in [6.45, 7) is 7.52. The minimum Gasteiger partial charge on any atom is -0.409 e. The number of rotatable bonds is 4. The molecule has 3 N–H and O–H groups in total. The third-order valence-electron chi connectivity index (χ3n) is 4.44. The van der Waals surface area contributed by atoms with Gasteiger partial charge in [0.05, 0.1) is 0 Å². The fraction of sp³-hybridized carbons (Fsp3) is 0.786. The molecule has 21 heavy (non-hydrogen) atoms. The molecule has 1 aliphatic rings. The van der Waals surface area contributed by atoms with E-state index in [0.717, 1.165) is 6.42 Å². The zero-order valence-corrected chi connectivity index (χ0v) is 13.1. The predicted molar refractivity (Wildman–Crippen MR) is 79.9 cm³/mol. The van der Waals surface area contributed by atoms with Crippen LogP contribution < -0.4 is 5.73 Å². The van der Waals surface area contributed by atoms with Gasteiger partial charge in [-0.2, -0.15) is 0 Å². The second kappa shape index (κ2) is 7.28. The number of hydrogen-bond acceptors (Lipinski definition) is 4. The Kier molecular flexibility index (Phi) is 5.99. The van der Waals surface area contributed by atoms with Crippen molar-refractivity contribution in [3.8, 4) is 0 Å². The van der Waals surface area contributed by atoms with Crippen molar-refractivity contribution in [2.24, 2.45) is 16.3 Å². The van der Waals surface area contributed by atoms with Crippen molar-refractivity contribution in [1.82, 2.24) is 9.80 Å². The van der Waals surface area contributed by atoms with Crippen LogP contribution in [0.25, 0.3) is 0 Å². The van der Waals surface area contributed by atoms with Gasteiger partial charge in [-0.15, -0.1) is 0 Å². The predicted octanol–water partition coefficient (Wildman–Crippen LogP) is 0.620. The van der Waals surface area contributed by atoms with Crippen LogP contribution in [0.5, 0.6) is 0 Å². The number of amides is 2. The van der Waals surface area contributed by atoms with E-state index >= 15 is 0 Å². The fourth-order valence-corrected chi connectivity index (χ4v) is 2.86. The standard InChI is InChI=1S/C14H26N4O3/c1-4-14(5-2,12(15)16-21)13(20)18-8-6-7-17(9-10-18)11(3)19/h21H,4-10H2,1-3H3,(H2,15,16). The molecular weight excluding hydrogens is 272 g/mol. The SMILES string of the molecule is CCC(CC)(C(=O)N1CCCN(C(C)=O)CC1)C(N)=NO. The van der Waals surface area contributed by atoms with E-state index in [0.29, 0.717) is 39.0 Å². The lowest BCUT2D eigenvalue weighted by Gasteiger charge is -2.34. The molecular formula is C14H26N4O3. The largest absolute Gasteiger partial charge is 0.409 e. The lowest BCUT2D eigenvalue weighted by atomic mass is 9.79. The molecule has 7 heteroatoms. The summed E-state index contributed by atoms with van der Waals surface area (Å²) in [5.41, 5.74) is 4.83. The number of nitrogens with zero attached hydrogens (tertiary/aromatic N) is 3. The third kappa shape index (κ3) is 3.46. The maximum atomic E-state index is 12.9. The molecule has 1 fully saturated rings. The molecule has 0 aromatic heterocycles. The Morgan fingerprint density at radius 3 is 2.14 bits per heavy atom. The van der Waals surface area contributed by atoms with Crippen molar-refractivity contribution in [2.75, 3.05) is 26.2 Å². The molecule has 1 rings (SSSR count). The summed E-state index contributed by atoms with van der Waals surface area (Å²) in [6, 6.07) is 0. The Balaban J connectivity index is 2.92. The Bertz CT molecular complexity index is 418. The highest BCUT2D eigenvalue weighted by Gasteiger charge is 2.42. The molecule has 0 aromatic carbocycles. The minimum absolute atomic E-state index is 0.0259. The van der Waals surface area contributed by atoms with E-state index in [9.17, 15) is 9.59 Å². The Labute approximate surface area is 125 Å². The van der Waals surface area contributed by atoms with Gasteiger partial charge < -0.3 is 20.7 Å². The Morgan fingerprint density at radius 2 is 1.67 bits per heavy atom. The summed E-state index contributed by atoms with van der Waals surface area (Å²) in [7, 11) is 0. The van der Waals surface area contributed by atoms with E-state index in [1.807, 2.05) is 13.8 Å². The van der Waals surface area contributed by atoms with Gasteiger partial charge in [-0.05, 0) is 19.3 Å². The normalized spacial score (nSPS) is 17.6. The van der Waals surface area contributed by atoms with Gasteiger partial charge in [0.1, 0.15) is 5.41 Å². The molecule has 120 valence electrons. The third-order valence-corrected chi connectivity index (χ3v) is 4.44. The lowest BCUT2D eigenvalue weighted by Crippen LogP contribution is -2.51. The molecule has 7 nitrogen and oxygen atoms in total. The van der Waals surface area contributed by atoms with E-state index in [-0.39, 0.29) is 17.6 Å². The van der Waals surface area contributed by atoms with Crippen molar-refractivity contribution in [1.29, 1.82) is 0 Å². The van der Waals surface area contributed by atoms with Crippen LogP contribution in [0.15, 0.2) is 5.16 Å². The zero-order chi connectivity index (χ0) is 16.0. The lowest BCUT2D eigenvalue weighted by molar-refractivity contribution is -0.139. The molecule has 0 aromatic rings. The summed E-state index contributed by atoms with van der Waals surface area (Å²) in [5.74, 6) is -0.128. The van der Waals surface area contributed by atoms with Crippen molar-refractivity contribution in [3.05, 3.63) is 0 Å². The van der Waals surface area contributed by atoms with Gasteiger partial charge >= 0.3 is 0 Å². The average molecular weight is 298 g/mol. The van der Waals surface area contributed by atoms with Crippen LogP contribution in [0, 0.1) is 5.41 Å². The van der Waals surface area contributed by atoms with E-state index in [2.05, 4.69) is 5.16 Å². The Hall–Kier alpha value is -1.79. The van der Waals surface area contributed by atoms with Crippen molar-refractivity contribution >= 4 is 17.6 Å². The molecule has 1 saturated heterocycles. The quantitative estimate of drug-likeness (QED) is 0.344. The first-order valence-electron chi connectivity index (χ1n) is 7.45. The van der Waals surface area contributed by atoms with Crippen LogP contribution in [-0.2, 0) is 9.59 Å². The molecule has 0 bridgehead atoms. The fourth-order valence-electron chi connectivity index (χ4n) is 2.86. The zero-order valence-electron chi connectivity index (χ0n) is 13.1. The van der Waals surface area contributed by atoms with Gasteiger partial charge in [0.2, 0.25) is 11.8 Å². The van der Waals surface area contributed by atoms with E-state index in [1.165, 1.54) is 6.92 Å². The van der Waals surface area contributed by atoms with Gasteiger partial charge in [0.25, 0.3) is 0 Å². The second-order valence-corrected chi connectivity index (χ2v) is 5.43. The van der Waals surface area contributed by atoms with Gasteiger partial charge in [0.15, 0.2) is 5.84 Å². The highest BCUT2D eigenvalue weighted by molar-refractivity contribution is 6.06. The Morgan fingerprint density at radius 1 is 1.14 bits per heavy atom. The molecule has 0 atom stereocenters. The van der Waals surface area contributed by atoms with Crippen LogP contribution in [0.4, 0.5) is 0 Å². The van der Waals surface area contributed by atoms with Crippen LogP contribution in [-0.4, -0.2) is 58.8 Å². The molecule has 1 heterocycles. The minimum atomic E-state index is -0.958. The van der Waals surface area contributed by atoms with Crippen molar-refractivity contribution in [2.45, 2.75) is 40.0 Å². The molecule has 0 radical (unpaired) electrons. The molecule has 0 aliphatic carbocycles. The monoisotopic (exact) mass is 298 g/mol.